The summed E-state index contributed by atoms with van der Waals surface area (Å²) in [6.45, 7) is 8.79. The van der Waals surface area contributed by atoms with E-state index in [1.54, 1.807) is 6.92 Å². The highest BCUT2D eigenvalue weighted by molar-refractivity contribution is 5.97. The quantitative estimate of drug-likeness (QED) is 0.701. The Labute approximate surface area is 190 Å². The summed E-state index contributed by atoms with van der Waals surface area (Å²) >= 11 is 0. The second-order valence-electron chi connectivity index (χ2n) is 8.55. The number of benzene rings is 2. The first-order chi connectivity index (χ1) is 15.5. The molecule has 2 aromatic carbocycles. The molecule has 0 radical (unpaired) electrons. The van der Waals surface area contributed by atoms with Crippen molar-refractivity contribution < 1.29 is 19.1 Å². The lowest BCUT2D eigenvalue weighted by molar-refractivity contribution is -0.117. The highest BCUT2D eigenvalue weighted by Gasteiger charge is 2.30. The van der Waals surface area contributed by atoms with Gasteiger partial charge in [0.2, 0.25) is 5.91 Å². The van der Waals surface area contributed by atoms with Gasteiger partial charge in [-0.3, -0.25) is 9.59 Å². The Hall–Kier alpha value is -2.86. The highest BCUT2D eigenvalue weighted by Crippen LogP contribution is 2.43. The highest BCUT2D eigenvalue weighted by atomic mass is 16.5. The summed E-state index contributed by atoms with van der Waals surface area (Å²) in [7, 11) is 0. The van der Waals surface area contributed by atoms with E-state index in [2.05, 4.69) is 13.8 Å². The third kappa shape index (κ3) is 4.37. The molecule has 6 nitrogen and oxygen atoms in total. The van der Waals surface area contributed by atoms with Crippen molar-refractivity contribution in [2.24, 2.45) is 0 Å². The fourth-order valence-electron chi connectivity index (χ4n) is 4.65. The van der Waals surface area contributed by atoms with E-state index < -0.39 is 0 Å². The first kappa shape index (κ1) is 22.3. The largest absolute Gasteiger partial charge is 0.493 e. The lowest BCUT2D eigenvalue weighted by atomic mass is 9.91. The summed E-state index contributed by atoms with van der Waals surface area (Å²) < 4.78 is 11.6. The SMILES string of the molecule is CCCOc1c(-c2cccc(C(=O)N3CCOCC3)c2)ccc2c1CCC(C)N2C(C)=O. The summed E-state index contributed by atoms with van der Waals surface area (Å²) in [5.41, 5.74) is 4.60. The van der Waals surface area contributed by atoms with Crippen molar-refractivity contribution in [3.8, 4) is 16.9 Å². The van der Waals surface area contributed by atoms with Gasteiger partial charge in [0.1, 0.15) is 5.75 Å². The third-order valence-corrected chi connectivity index (χ3v) is 6.26. The molecule has 6 heteroatoms. The third-order valence-electron chi connectivity index (χ3n) is 6.26. The van der Waals surface area contributed by atoms with Gasteiger partial charge < -0.3 is 19.3 Å². The fourth-order valence-corrected chi connectivity index (χ4v) is 4.65. The second kappa shape index (κ2) is 9.74. The molecule has 1 unspecified atom stereocenters. The van der Waals surface area contributed by atoms with Crippen molar-refractivity contribution in [3.63, 3.8) is 0 Å². The Morgan fingerprint density at radius 1 is 1.16 bits per heavy atom. The zero-order valence-electron chi connectivity index (χ0n) is 19.2. The molecule has 0 bridgehead atoms. The van der Waals surface area contributed by atoms with E-state index >= 15 is 0 Å². The van der Waals surface area contributed by atoms with E-state index in [1.165, 1.54) is 0 Å². The van der Waals surface area contributed by atoms with Crippen LogP contribution in [-0.2, 0) is 16.0 Å². The zero-order chi connectivity index (χ0) is 22.7. The Kier molecular flexibility index (Phi) is 6.80. The molecule has 2 aromatic rings. The maximum absolute atomic E-state index is 13.0. The van der Waals surface area contributed by atoms with Gasteiger partial charge in [0, 0.05) is 42.7 Å². The maximum Gasteiger partial charge on any atom is 0.254 e. The van der Waals surface area contributed by atoms with Crippen molar-refractivity contribution in [1.82, 2.24) is 4.90 Å². The predicted molar refractivity (Wildman–Crippen MR) is 125 cm³/mol. The van der Waals surface area contributed by atoms with E-state index in [-0.39, 0.29) is 17.9 Å². The van der Waals surface area contributed by atoms with Crippen LogP contribution in [0.3, 0.4) is 0 Å². The fraction of sp³-hybridized carbons (Fsp3) is 0.462. The van der Waals surface area contributed by atoms with Gasteiger partial charge in [-0.15, -0.1) is 0 Å². The summed E-state index contributed by atoms with van der Waals surface area (Å²) in [5.74, 6) is 0.907. The number of rotatable bonds is 5. The molecule has 0 aromatic heterocycles. The van der Waals surface area contributed by atoms with Crippen LogP contribution in [0.2, 0.25) is 0 Å². The lowest BCUT2D eigenvalue weighted by Crippen LogP contribution is -2.40. The van der Waals surface area contributed by atoms with Crippen molar-refractivity contribution in [2.75, 3.05) is 37.8 Å². The van der Waals surface area contributed by atoms with Gasteiger partial charge in [0.25, 0.3) is 5.91 Å². The van der Waals surface area contributed by atoms with E-state index in [0.29, 0.717) is 38.5 Å². The van der Waals surface area contributed by atoms with Gasteiger partial charge in [-0.05, 0) is 56.0 Å². The van der Waals surface area contributed by atoms with Crippen LogP contribution in [0.5, 0.6) is 5.75 Å². The minimum absolute atomic E-state index is 0.0284. The van der Waals surface area contributed by atoms with Crippen LogP contribution in [0, 0.1) is 0 Å². The second-order valence-corrected chi connectivity index (χ2v) is 8.55. The van der Waals surface area contributed by atoms with Crippen molar-refractivity contribution >= 4 is 17.5 Å². The Bertz CT molecular complexity index is 997. The van der Waals surface area contributed by atoms with Crippen LogP contribution in [0.15, 0.2) is 36.4 Å². The van der Waals surface area contributed by atoms with Crippen molar-refractivity contribution in [2.45, 2.75) is 46.1 Å². The molecular formula is C26H32N2O4. The van der Waals surface area contributed by atoms with E-state index in [4.69, 9.17) is 9.47 Å². The van der Waals surface area contributed by atoms with Gasteiger partial charge >= 0.3 is 0 Å². The van der Waals surface area contributed by atoms with Gasteiger partial charge in [-0.1, -0.05) is 19.1 Å². The molecule has 2 heterocycles. The Morgan fingerprint density at radius 2 is 1.94 bits per heavy atom. The normalized spacial score (nSPS) is 18.3. The van der Waals surface area contributed by atoms with Crippen molar-refractivity contribution in [3.05, 3.63) is 47.5 Å². The van der Waals surface area contributed by atoms with Gasteiger partial charge in [-0.2, -0.15) is 0 Å². The van der Waals surface area contributed by atoms with Crippen LogP contribution >= 0.6 is 0 Å². The minimum Gasteiger partial charge on any atom is -0.493 e. The molecule has 2 amide bonds. The van der Waals surface area contributed by atoms with Crippen LogP contribution in [-0.4, -0.2) is 55.7 Å². The number of hydrogen-bond donors (Lipinski definition) is 0. The molecule has 2 aliphatic heterocycles. The van der Waals surface area contributed by atoms with Gasteiger partial charge in [0.15, 0.2) is 0 Å². The molecule has 0 saturated carbocycles. The number of anilines is 1. The molecule has 1 fully saturated rings. The van der Waals surface area contributed by atoms with Crippen molar-refractivity contribution in [1.29, 1.82) is 0 Å². The molecule has 32 heavy (non-hydrogen) atoms. The molecule has 4 rings (SSSR count). The molecule has 0 spiro atoms. The molecule has 170 valence electrons. The van der Waals surface area contributed by atoms with Gasteiger partial charge in [0.05, 0.1) is 25.5 Å². The number of amides is 2. The van der Waals surface area contributed by atoms with E-state index in [0.717, 1.165) is 47.4 Å². The standard InChI is InChI=1S/C26H32N2O4/c1-4-14-32-25-22(10-11-24-23(25)9-8-18(2)28(24)19(3)29)20-6-5-7-21(17-20)26(30)27-12-15-31-16-13-27/h5-7,10-11,17-18H,4,8-9,12-16H2,1-3H3. The number of carbonyl (C=O) groups excluding carboxylic acids is 2. The number of fused-ring (bicyclic) bond motifs is 1. The predicted octanol–water partition coefficient (Wildman–Crippen LogP) is 4.30. The smallest absolute Gasteiger partial charge is 0.254 e. The topological polar surface area (TPSA) is 59.1 Å². The molecule has 1 atom stereocenters. The maximum atomic E-state index is 13.0. The number of nitrogens with zero attached hydrogens (tertiary/aromatic N) is 2. The van der Waals surface area contributed by atoms with Crippen LogP contribution in [0.4, 0.5) is 5.69 Å². The summed E-state index contributed by atoms with van der Waals surface area (Å²) in [6, 6.07) is 12.0. The first-order valence-electron chi connectivity index (χ1n) is 11.6. The molecular weight excluding hydrogens is 404 g/mol. The monoisotopic (exact) mass is 436 g/mol. The summed E-state index contributed by atoms with van der Waals surface area (Å²) in [4.78, 5) is 29.1. The lowest BCUT2D eigenvalue weighted by Gasteiger charge is -2.36. The average Bonchev–Trinajstić information content (AvgIpc) is 2.82. The van der Waals surface area contributed by atoms with E-state index in [1.807, 2.05) is 46.2 Å². The van der Waals surface area contributed by atoms with E-state index in [9.17, 15) is 9.59 Å². The number of carbonyl (C=O) groups is 2. The average molecular weight is 437 g/mol. The molecule has 2 aliphatic rings. The summed E-state index contributed by atoms with van der Waals surface area (Å²) in [5, 5.41) is 0. The zero-order valence-corrected chi connectivity index (χ0v) is 19.2. The van der Waals surface area contributed by atoms with Gasteiger partial charge in [-0.25, -0.2) is 0 Å². The van der Waals surface area contributed by atoms with Crippen LogP contribution in [0.25, 0.3) is 11.1 Å². The first-order valence-corrected chi connectivity index (χ1v) is 11.6. The molecule has 1 saturated heterocycles. The van der Waals surface area contributed by atoms with Crippen LogP contribution in [0.1, 0.15) is 49.5 Å². The molecule has 0 aliphatic carbocycles. The van der Waals surface area contributed by atoms with Crippen LogP contribution < -0.4 is 9.64 Å². The summed E-state index contributed by atoms with van der Waals surface area (Å²) in [6.07, 6.45) is 2.65. The number of hydrogen-bond acceptors (Lipinski definition) is 4. The Morgan fingerprint density at radius 3 is 2.66 bits per heavy atom. The Balaban J connectivity index is 1.75. The number of ether oxygens (including phenoxy) is 2. The minimum atomic E-state index is 0.0284. The molecule has 0 N–H and O–H groups in total. The number of morpholine rings is 1.